The first-order chi connectivity index (χ1) is 11.4. The highest BCUT2D eigenvalue weighted by molar-refractivity contribution is 5.82. The molecule has 0 aromatic rings. The molecule has 0 spiro atoms. The van der Waals surface area contributed by atoms with Crippen molar-refractivity contribution in [1.29, 1.82) is 0 Å². The number of hydrogen-bond acceptors (Lipinski definition) is 4. The highest BCUT2D eigenvalue weighted by atomic mass is 16.5. The lowest BCUT2D eigenvalue weighted by atomic mass is 9.88. The van der Waals surface area contributed by atoms with Gasteiger partial charge in [0.2, 0.25) is 0 Å². The normalized spacial score (nSPS) is 31.9. The summed E-state index contributed by atoms with van der Waals surface area (Å²) in [6.07, 6.45) is 5.10. The van der Waals surface area contributed by atoms with Crippen molar-refractivity contribution in [2.24, 2.45) is 5.92 Å². The number of carbonyl (C=O) groups is 2. The number of rotatable bonds is 7. The summed E-state index contributed by atoms with van der Waals surface area (Å²) in [5, 5.41) is 9.11. The fourth-order valence-electron chi connectivity index (χ4n) is 3.96. The minimum atomic E-state index is -0.885. The Hall–Kier alpha value is -1.14. The van der Waals surface area contributed by atoms with E-state index in [1.165, 1.54) is 6.42 Å². The Morgan fingerprint density at radius 1 is 1.25 bits per heavy atom. The van der Waals surface area contributed by atoms with Crippen LogP contribution in [0.25, 0.3) is 0 Å². The van der Waals surface area contributed by atoms with Crippen LogP contribution >= 0.6 is 0 Å². The Morgan fingerprint density at radius 2 is 2.00 bits per heavy atom. The van der Waals surface area contributed by atoms with Gasteiger partial charge >= 0.3 is 5.97 Å². The average Bonchev–Trinajstić information content (AvgIpc) is 2.94. The third-order valence-electron chi connectivity index (χ3n) is 5.29. The van der Waals surface area contributed by atoms with Gasteiger partial charge in [-0.2, -0.15) is 0 Å². The van der Waals surface area contributed by atoms with Crippen molar-refractivity contribution in [3.63, 3.8) is 0 Å². The number of carboxylic acid groups (broad SMARTS) is 1. The number of aliphatic carboxylic acids is 1. The molecule has 2 fully saturated rings. The van der Waals surface area contributed by atoms with Crippen molar-refractivity contribution < 1.29 is 24.2 Å². The smallest absolute Gasteiger partial charge is 0.305 e. The largest absolute Gasteiger partial charge is 0.481 e. The van der Waals surface area contributed by atoms with Gasteiger partial charge in [0, 0.05) is 19.7 Å². The molecular weight excluding hydrogens is 310 g/mol. The van der Waals surface area contributed by atoms with Gasteiger partial charge in [0.15, 0.2) is 0 Å². The molecule has 0 radical (unpaired) electrons. The molecular formula is C18H31NO5. The zero-order valence-corrected chi connectivity index (χ0v) is 15.1. The van der Waals surface area contributed by atoms with Gasteiger partial charge in [0.25, 0.3) is 5.91 Å². The Morgan fingerprint density at radius 3 is 2.58 bits per heavy atom. The number of methoxy groups -OCH3 is 1. The van der Waals surface area contributed by atoms with Crippen LogP contribution in [0.5, 0.6) is 0 Å². The van der Waals surface area contributed by atoms with Crippen molar-refractivity contribution in [2.45, 2.75) is 83.1 Å². The lowest BCUT2D eigenvalue weighted by molar-refractivity contribution is -0.152. The fourth-order valence-corrected chi connectivity index (χ4v) is 3.96. The topological polar surface area (TPSA) is 76.1 Å². The monoisotopic (exact) mass is 341 g/mol. The summed E-state index contributed by atoms with van der Waals surface area (Å²) < 4.78 is 11.5. The molecule has 5 atom stereocenters. The second-order valence-electron chi connectivity index (χ2n) is 7.26. The number of carboxylic acids is 1. The molecule has 6 heteroatoms. The molecule has 0 bridgehead atoms. The average molecular weight is 341 g/mol. The summed E-state index contributed by atoms with van der Waals surface area (Å²) in [7, 11) is 1.60. The maximum Gasteiger partial charge on any atom is 0.305 e. The van der Waals surface area contributed by atoms with Crippen LogP contribution in [0.4, 0.5) is 0 Å². The predicted octanol–water partition coefficient (Wildman–Crippen LogP) is 2.45. The van der Waals surface area contributed by atoms with Crippen LogP contribution in [-0.2, 0) is 19.1 Å². The predicted molar refractivity (Wildman–Crippen MR) is 89.8 cm³/mol. The van der Waals surface area contributed by atoms with E-state index in [2.05, 4.69) is 6.92 Å². The quantitative estimate of drug-likeness (QED) is 0.770. The van der Waals surface area contributed by atoms with Gasteiger partial charge in [-0.3, -0.25) is 9.59 Å². The van der Waals surface area contributed by atoms with Crippen LogP contribution in [0.15, 0.2) is 0 Å². The third kappa shape index (κ3) is 4.93. The molecule has 138 valence electrons. The van der Waals surface area contributed by atoms with Gasteiger partial charge in [-0.05, 0) is 31.6 Å². The Kier molecular flexibility index (Phi) is 7.04. The van der Waals surface area contributed by atoms with E-state index < -0.39 is 12.1 Å². The molecule has 2 rings (SSSR count). The number of nitrogens with zero attached hydrogens (tertiary/aromatic N) is 1. The highest BCUT2D eigenvalue weighted by Crippen LogP contribution is 2.29. The molecule has 1 heterocycles. The summed E-state index contributed by atoms with van der Waals surface area (Å²) >= 11 is 0. The molecule has 0 aromatic heterocycles. The molecule has 1 saturated heterocycles. The van der Waals surface area contributed by atoms with Gasteiger partial charge in [0.05, 0.1) is 18.6 Å². The van der Waals surface area contributed by atoms with Crippen LogP contribution in [0.3, 0.4) is 0 Å². The van der Waals surface area contributed by atoms with Crippen molar-refractivity contribution in [3.8, 4) is 0 Å². The SMILES string of the molecule is CCC(OC1CCCC(C)C1)C(=O)N1CC(OC)CC1CC(=O)O. The first-order valence-corrected chi connectivity index (χ1v) is 9.15. The van der Waals surface area contributed by atoms with Crippen LogP contribution in [0.2, 0.25) is 0 Å². The summed E-state index contributed by atoms with van der Waals surface area (Å²) in [6.45, 7) is 4.63. The Labute approximate surface area is 144 Å². The summed E-state index contributed by atoms with van der Waals surface area (Å²) in [5.74, 6) is -0.327. The molecule has 1 aliphatic heterocycles. The number of hydrogen-bond donors (Lipinski definition) is 1. The van der Waals surface area contributed by atoms with E-state index in [4.69, 9.17) is 14.6 Å². The molecule has 1 aliphatic carbocycles. The summed E-state index contributed by atoms with van der Waals surface area (Å²) in [4.78, 5) is 25.7. The third-order valence-corrected chi connectivity index (χ3v) is 5.29. The first-order valence-electron chi connectivity index (χ1n) is 9.15. The highest BCUT2D eigenvalue weighted by Gasteiger charge is 2.39. The van der Waals surface area contributed by atoms with Gasteiger partial charge in [-0.25, -0.2) is 0 Å². The van der Waals surface area contributed by atoms with E-state index in [0.717, 1.165) is 19.3 Å². The molecule has 0 aromatic carbocycles. The number of carbonyl (C=O) groups excluding carboxylic acids is 1. The van der Waals surface area contributed by atoms with Crippen LogP contribution < -0.4 is 0 Å². The zero-order chi connectivity index (χ0) is 17.7. The number of amides is 1. The van der Waals surface area contributed by atoms with Crippen molar-refractivity contribution in [1.82, 2.24) is 4.90 Å². The Balaban J connectivity index is 2.00. The molecule has 24 heavy (non-hydrogen) atoms. The molecule has 1 saturated carbocycles. The van der Waals surface area contributed by atoms with Crippen molar-refractivity contribution in [2.75, 3.05) is 13.7 Å². The molecule has 1 N–H and O–H groups in total. The van der Waals surface area contributed by atoms with Crippen LogP contribution in [-0.4, -0.2) is 59.9 Å². The second-order valence-corrected chi connectivity index (χ2v) is 7.26. The fraction of sp³-hybridized carbons (Fsp3) is 0.889. The van der Waals surface area contributed by atoms with Gasteiger partial charge < -0.3 is 19.5 Å². The van der Waals surface area contributed by atoms with E-state index in [0.29, 0.717) is 25.3 Å². The Bertz CT molecular complexity index is 441. The van der Waals surface area contributed by atoms with E-state index >= 15 is 0 Å². The lowest BCUT2D eigenvalue weighted by Gasteiger charge is -2.33. The van der Waals surface area contributed by atoms with E-state index in [-0.39, 0.29) is 30.6 Å². The molecule has 2 aliphatic rings. The van der Waals surface area contributed by atoms with Gasteiger partial charge in [0.1, 0.15) is 6.10 Å². The molecule has 6 nitrogen and oxygen atoms in total. The maximum absolute atomic E-state index is 12.9. The maximum atomic E-state index is 12.9. The second kappa shape index (κ2) is 8.81. The van der Waals surface area contributed by atoms with Crippen molar-refractivity contribution in [3.05, 3.63) is 0 Å². The summed E-state index contributed by atoms with van der Waals surface area (Å²) in [6, 6.07) is -0.303. The molecule has 5 unspecified atom stereocenters. The first kappa shape index (κ1) is 19.2. The van der Waals surface area contributed by atoms with Crippen molar-refractivity contribution >= 4 is 11.9 Å². The number of likely N-dealkylation sites (tertiary alicyclic amines) is 1. The number of ether oxygens (including phenoxy) is 2. The summed E-state index contributed by atoms with van der Waals surface area (Å²) in [5.41, 5.74) is 0. The van der Waals surface area contributed by atoms with Gasteiger partial charge in [-0.15, -0.1) is 0 Å². The van der Waals surface area contributed by atoms with E-state index in [9.17, 15) is 9.59 Å². The van der Waals surface area contributed by atoms with E-state index in [1.54, 1.807) is 12.0 Å². The van der Waals surface area contributed by atoms with Crippen LogP contribution in [0.1, 0.15) is 58.8 Å². The lowest BCUT2D eigenvalue weighted by Crippen LogP contribution is -2.45. The van der Waals surface area contributed by atoms with Gasteiger partial charge in [-0.1, -0.05) is 26.7 Å². The molecule has 1 amide bonds. The van der Waals surface area contributed by atoms with E-state index in [1.807, 2.05) is 6.92 Å². The standard InChI is InChI=1S/C18H31NO5/c1-4-16(24-14-7-5-6-12(2)8-14)18(22)19-11-15(23-3)9-13(19)10-17(20)21/h12-16H,4-11H2,1-3H3,(H,20,21). The minimum Gasteiger partial charge on any atom is -0.481 e. The minimum absolute atomic E-state index is 0.0392. The van der Waals surface area contributed by atoms with Crippen LogP contribution in [0, 0.1) is 5.92 Å². The zero-order valence-electron chi connectivity index (χ0n) is 15.1.